The summed E-state index contributed by atoms with van der Waals surface area (Å²) in [4.78, 5) is 23.2. The van der Waals surface area contributed by atoms with Crippen LogP contribution in [0, 0.1) is 0 Å². The summed E-state index contributed by atoms with van der Waals surface area (Å²) in [7, 11) is 1.26. The van der Waals surface area contributed by atoms with E-state index in [-0.39, 0.29) is 29.3 Å². The molecule has 2 N–H and O–H groups in total. The first kappa shape index (κ1) is 17.3. The number of phenolic OH excluding ortho intramolecular Hbond substituents is 1. The maximum absolute atomic E-state index is 11.9. The third-order valence-electron chi connectivity index (χ3n) is 3.25. The molecule has 1 amide bonds. The molecule has 0 atom stereocenters. The van der Waals surface area contributed by atoms with Gasteiger partial charge in [-0.1, -0.05) is 18.2 Å². The molecule has 0 radical (unpaired) electrons. The van der Waals surface area contributed by atoms with Crippen LogP contribution in [0.5, 0.6) is 11.5 Å². The highest BCUT2D eigenvalue weighted by atomic mass is 16.5. The van der Waals surface area contributed by atoms with Crippen molar-refractivity contribution in [3.05, 3.63) is 54.1 Å². The van der Waals surface area contributed by atoms with E-state index in [1.807, 2.05) is 30.3 Å². The van der Waals surface area contributed by atoms with Crippen molar-refractivity contribution in [2.24, 2.45) is 0 Å². The van der Waals surface area contributed by atoms with Crippen molar-refractivity contribution in [3.63, 3.8) is 0 Å². The van der Waals surface area contributed by atoms with Gasteiger partial charge in [-0.05, 0) is 36.8 Å². The molecule has 2 aromatic carbocycles. The van der Waals surface area contributed by atoms with E-state index in [0.717, 1.165) is 5.75 Å². The molecule has 6 nitrogen and oxygen atoms in total. The topological polar surface area (TPSA) is 84.9 Å². The molecule has 0 aliphatic carbocycles. The molecule has 0 unspecified atom stereocenters. The molecule has 0 saturated heterocycles. The molecule has 24 heavy (non-hydrogen) atoms. The van der Waals surface area contributed by atoms with Crippen molar-refractivity contribution in [1.82, 2.24) is 0 Å². The third-order valence-corrected chi connectivity index (χ3v) is 3.25. The molecule has 2 aromatic rings. The lowest BCUT2D eigenvalue weighted by molar-refractivity contribution is -0.116. The number of phenols is 1. The van der Waals surface area contributed by atoms with Gasteiger partial charge in [0.05, 0.1) is 25.0 Å². The highest BCUT2D eigenvalue weighted by Crippen LogP contribution is 2.24. The summed E-state index contributed by atoms with van der Waals surface area (Å²) in [5.74, 6) is -0.227. The van der Waals surface area contributed by atoms with E-state index in [9.17, 15) is 14.7 Å². The highest BCUT2D eigenvalue weighted by Gasteiger charge is 2.11. The smallest absolute Gasteiger partial charge is 0.337 e. The zero-order valence-corrected chi connectivity index (χ0v) is 13.3. The third kappa shape index (κ3) is 5.01. The van der Waals surface area contributed by atoms with Crippen LogP contribution in [0.2, 0.25) is 0 Å². The number of hydrogen-bond acceptors (Lipinski definition) is 5. The van der Waals surface area contributed by atoms with Crippen molar-refractivity contribution in [1.29, 1.82) is 0 Å². The van der Waals surface area contributed by atoms with Crippen LogP contribution < -0.4 is 10.1 Å². The van der Waals surface area contributed by atoms with Crippen LogP contribution in [0.15, 0.2) is 48.5 Å². The number of carbonyl (C=O) groups is 2. The fraction of sp³-hybridized carbons (Fsp3) is 0.222. The fourth-order valence-corrected chi connectivity index (χ4v) is 2.03. The predicted molar refractivity (Wildman–Crippen MR) is 89.2 cm³/mol. The number of carbonyl (C=O) groups excluding carboxylic acids is 2. The number of esters is 1. The van der Waals surface area contributed by atoms with Gasteiger partial charge in [0, 0.05) is 6.42 Å². The van der Waals surface area contributed by atoms with Crippen molar-refractivity contribution in [2.75, 3.05) is 19.0 Å². The molecule has 2 rings (SSSR count). The highest BCUT2D eigenvalue weighted by molar-refractivity contribution is 5.94. The van der Waals surface area contributed by atoms with Crippen LogP contribution in [0.4, 0.5) is 5.69 Å². The Kier molecular flexibility index (Phi) is 6.19. The van der Waals surface area contributed by atoms with Crippen LogP contribution in [-0.4, -0.2) is 30.7 Å². The van der Waals surface area contributed by atoms with E-state index in [0.29, 0.717) is 13.0 Å². The number of aromatic hydroxyl groups is 1. The van der Waals surface area contributed by atoms with Gasteiger partial charge in [0.25, 0.3) is 0 Å². The maximum Gasteiger partial charge on any atom is 0.337 e. The first-order chi connectivity index (χ1) is 11.6. The number of benzene rings is 2. The van der Waals surface area contributed by atoms with Crippen LogP contribution in [-0.2, 0) is 9.53 Å². The summed E-state index contributed by atoms with van der Waals surface area (Å²) in [6.45, 7) is 0.421. The number of methoxy groups -OCH3 is 1. The maximum atomic E-state index is 11.9. The number of amides is 1. The van der Waals surface area contributed by atoms with E-state index in [2.05, 4.69) is 10.1 Å². The van der Waals surface area contributed by atoms with Crippen molar-refractivity contribution in [2.45, 2.75) is 12.8 Å². The minimum atomic E-state index is -0.554. The van der Waals surface area contributed by atoms with Crippen LogP contribution in [0.25, 0.3) is 0 Å². The van der Waals surface area contributed by atoms with Crippen molar-refractivity contribution >= 4 is 17.6 Å². The number of hydrogen-bond donors (Lipinski definition) is 2. The second-order valence-corrected chi connectivity index (χ2v) is 5.04. The zero-order chi connectivity index (χ0) is 17.4. The second-order valence-electron chi connectivity index (χ2n) is 5.04. The average Bonchev–Trinajstić information content (AvgIpc) is 2.60. The largest absolute Gasteiger partial charge is 0.506 e. The Balaban J connectivity index is 1.79. The molecular formula is C18H19NO5. The quantitative estimate of drug-likeness (QED) is 0.463. The van der Waals surface area contributed by atoms with Crippen LogP contribution in [0.3, 0.4) is 0 Å². The molecule has 0 aliphatic heterocycles. The van der Waals surface area contributed by atoms with Crippen LogP contribution in [0.1, 0.15) is 23.2 Å². The van der Waals surface area contributed by atoms with Gasteiger partial charge in [0.15, 0.2) is 0 Å². The Morgan fingerprint density at radius 1 is 1.12 bits per heavy atom. The van der Waals surface area contributed by atoms with Crippen LogP contribution >= 0.6 is 0 Å². The molecule has 0 saturated carbocycles. The predicted octanol–water partition coefficient (Wildman–Crippen LogP) is 2.98. The molecule has 126 valence electrons. The van der Waals surface area contributed by atoms with Gasteiger partial charge in [-0.25, -0.2) is 4.79 Å². The van der Waals surface area contributed by atoms with Gasteiger partial charge in [-0.2, -0.15) is 0 Å². The zero-order valence-electron chi connectivity index (χ0n) is 13.3. The molecule has 0 heterocycles. The fourth-order valence-electron chi connectivity index (χ4n) is 2.03. The first-order valence-corrected chi connectivity index (χ1v) is 7.49. The normalized spacial score (nSPS) is 10.0. The molecule has 0 spiro atoms. The standard InChI is InChI=1S/C18H19NO5/c1-23-18(22)13-9-10-15(16(20)12-13)19-17(21)8-5-11-24-14-6-3-2-4-7-14/h2-4,6-7,9-10,12,20H,5,8,11H2,1H3,(H,19,21). The minimum absolute atomic E-state index is 0.188. The van der Waals surface area contributed by atoms with Gasteiger partial charge >= 0.3 is 5.97 Å². The Labute approximate surface area is 140 Å². The number of ether oxygens (including phenoxy) is 2. The lowest BCUT2D eigenvalue weighted by atomic mass is 10.2. The monoisotopic (exact) mass is 329 g/mol. The Morgan fingerprint density at radius 2 is 1.88 bits per heavy atom. The second kappa shape index (κ2) is 8.57. The molecule has 0 aromatic heterocycles. The Bertz CT molecular complexity index is 700. The van der Waals surface area contributed by atoms with E-state index >= 15 is 0 Å². The molecule has 0 bridgehead atoms. The summed E-state index contributed by atoms with van der Waals surface area (Å²) in [6.07, 6.45) is 0.798. The molecular weight excluding hydrogens is 310 g/mol. The summed E-state index contributed by atoms with van der Waals surface area (Å²) in [5, 5.41) is 12.5. The lowest BCUT2D eigenvalue weighted by Gasteiger charge is -2.09. The van der Waals surface area contributed by atoms with Gasteiger partial charge in [-0.15, -0.1) is 0 Å². The Morgan fingerprint density at radius 3 is 2.54 bits per heavy atom. The number of nitrogens with one attached hydrogen (secondary N) is 1. The summed E-state index contributed by atoms with van der Waals surface area (Å²) in [5.41, 5.74) is 0.459. The Hall–Kier alpha value is -3.02. The average molecular weight is 329 g/mol. The summed E-state index contributed by atoms with van der Waals surface area (Å²) >= 11 is 0. The van der Waals surface area contributed by atoms with E-state index in [4.69, 9.17) is 4.74 Å². The first-order valence-electron chi connectivity index (χ1n) is 7.49. The molecule has 0 fully saturated rings. The number of rotatable bonds is 7. The van der Waals surface area contributed by atoms with E-state index in [1.165, 1.54) is 25.3 Å². The minimum Gasteiger partial charge on any atom is -0.506 e. The van der Waals surface area contributed by atoms with Crippen molar-refractivity contribution < 1.29 is 24.2 Å². The lowest BCUT2D eigenvalue weighted by Crippen LogP contribution is -2.13. The van der Waals surface area contributed by atoms with Gasteiger partial charge in [0.1, 0.15) is 11.5 Å². The van der Waals surface area contributed by atoms with E-state index in [1.54, 1.807) is 0 Å². The van der Waals surface area contributed by atoms with Crippen molar-refractivity contribution in [3.8, 4) is 11.5 Å². The molecule has 0 aliphatic rings. The van der Waals surface area contributed by atoms with Gasteiger partial charge < -0.3 is 19.9 Å². The van der Waals surface area contributed by atoms with Gasteiger partial charge in [-0.3, -0.25) is 4.79 Å². The van der Waals surface area contributed by atoms with E-state index < -0.39 is 5.97 Å². The SMILES string of the molecule is COC(=O)c1ccc(NC(=O)CCCOc2ccccc2)c(O)c1. The number of anilines is 1. The summed E-state index contributed by atoms with van der Waals surface area (Å²) in [6, 6.07) is 13.5. The summed E-state index contributed by atoms with van der Waals surface area (Å²) < 4.78 is 10.1. The molecule has 6 heteroatoms. The number of para-hydroxylation sites is 1. The van der Waals surface area contributed by atoms with Gasteiger partial charge in [0.2, 0.25) is 5.91 Å².